The van der Waals surface area contributed by atoms with E-state index in [0.717, 1.165) is 11.0 Å². The monoisotopic (exact) mass is 294 g/mol. The van der Waals surface area contributed by atoms with Crippen LogP contribution < -0.4 is 11.1 Å². The fourth-order valence-corrected chi connectivity index (χ4v) is 1.95. The average Bonchev–Trinajstić information content (AvgIpc) is 2.66. The maximum atomic E-state index is 13.0. The van der Waals surface area contributed by atoms with Gasteiger partial charge in [-0.2, -0.15) is 0 Å². The Morgan fingerprint density at radius 3 is 2.71 bits per heavy atom. The van der Waals surface area contributed by atoms with Gasteiger partial charge in [-0.1, -0.05) is 0 Å². The first-order chi connectivity index (χ1) is 9.88. The molecule has 1 saturated heterocycles. The molecule has 1 aromatic rings. The van der Waals surface area contributed by atoms with Crippen LogP contribution in [0.2, 0.25) is 0 Å². The second-order valence-electron chi connectivity index (χ2n) is 4.72. The summed E-state index contributed by atoms with van der Waals surface area (Å²) < 4.78 is 13.0. The summed E-state index contributed by atoms with van der Waals surface area (Å²) in [5, 5.41) is 2.53. The molecule has 1 aliphatic rings. The maximum Gasteiger partial charge on any atom is 0.326 e. The minimum atomic E-state index is -0.565. The molecule has 0 bridgehead atoms. The third kappa shape index (κ3) is 3.28. The first-order valence-electron chi connectivity index (χ1n) is 6.29. The molecule has 1 fully saturated rings. The van der Waals surface area contributed by atoms with Gasteiger partial charge in [0.05, 0.1) is 5.69 Å². The lowest BCUT2D eigenvalue weighted by Crippen LogP contribution is -2.34. The van der Waals surface area contributed by atoms with E-state index in [-0.39, 0.29) is 31.1 Å². The zero-order valence-electron chi connectivity index (χ0n) is 11.4. The Labute approximate surface area is 120 Å². The number of nitrogens with one attached hydrogen (secondary N) is 1. The third-order valence-corrected chi connectivity index (χ3v) is 3.07. The maximum absolute atomic E-state index is 13.0. The lowest BCUT2D eigenvalue weighted by Gasteiger charge is -2.13. The third-order valence-electron chi connectivity index (χ3n) is 3.07. The minimum absolute atomic E-state index is 0.00448. The summed E-state index contributed by atoms with van der Waals surface area (Å²) in [6.07, 6.45) is -0.0391. The van der Waals surface area contributed by atoms with Gasteiger partial charge in [0.1, 0.15) is 12.4 Å². The van der Waals surface area contributed by atoms with E-state index in [0.29, 0.717) is 5.69 Å². The van der Waals surface area contributed by atoms with E-state index in [1.54, 1.807) is 0 Å². The van der Waals surface area contributed by atoms with Crippen molar-refractivity contribution in [2.24, 2.45) is 0 Å². The molecule has 0 spiro atoms. The summed E-state index contributed by atoms with van der Waals surface area (Å²) in [6.45, 7) is 0.0272. The van der Waals surface area contributed by atoms with E-state index in [9.17, 15) is 18.8 Å². The Bertz CT molecular complexity index is 605. The molecule has 0 aromatic heterocycles. The highest BCUT2D eigenvalue weighted by molar-refractivity contribution is 6.02. The van der Waals surface area contributed by atoms with Crippen LogP contribution >= 0.6 is 0 Å². The normalized spacial score (nSPS) is 14.8. The van der Waals surface area contributed by atoms with Gasteiger partial charge in [-0.3, -0.25) is 14.5 Å². The van der Waals surface area contributed by atoms with Gasteiger partial charge in [0.25, 0.3) is 0 Å². The lowest BCUT2D eigenvalue weighted by molar-refractivity contribution is -0.125. The standard InChI is InChI=1S/C13H15FN4O3/c1-17-7-12(20)18(13(17)21)5-4-11(19)16-8-2-3-9(14)10(15)6-8/h2-3,6H,4-5,7,15H2,1H3,(H,16,19). The molecule has 4 amide bonds. The average molecular weight is 294 g/mol. The summed E-state index contributed by atoms with van der Waals surface area (Å²) in [6, 6.07) is 3.41. The van der Waals surface area contributed by atoms with Gasteiger partial charge in [0, 0.05) is 25.7 Å². The van der Waals surface area contributed by atoms with Crippen molar-refractivity contribution in [1.82, 2.24) is 9.80 Å². The van der Waals surface area contributed by atoms with Crippen LogP contribution in [0.15, 0.2) is 18.2 Å². The highest BCUT2D eigenvalue weighted by Gasteiger charge is 2.33. The molecule has 1 heterocycles. The number of rotatable bonds is 4. The van der Waals surface area contributed by atoms with Gasteiger partial charge in [-0.05, 0) is 18.2 Å². The summed E-state index contributed by atoms with van der Waals surface area (Å²) in [5.41, 5.74) is 5.68. The Kier molecular flexibility index (Phi) is 4.06. The van der Waals surface area contributed by atoms with Crippen LogP contribution in [0.5, 0.6) is 0 Å². The molecule has 0 atom stereocenters. The van der Waals surface area contributed by atoms with Crippen molar-refractivity contribution in [3.8, 4) is 0 Å². The van der Waals surface area contributed by atoms with E-state index < -0.39 is 17.8 Å². The number of anilines is 2. The van der Waals surface area contributed by atoms with Crippen molar-refractivity contribution in [2.45, 2.75) is 6.42 Å². The van der Waals surface area contributed by atoms with Gasteiger partial charge < -0.3 is 16.0 Å². The molecular weight excluding hydrogens is 279 g/mol. The highest BCUT2D eigenvalue weighted by atomic mass is 19.1. The molecule has 0 aliphatic carbocycles. The number of likely N-dealkylation sites (N-methyl/N-ethyl adjacent to an activating group) is 1. The number of halogens is 1. The highest BCUT2D eigenvalue weighted by Crippen LogP contribution is 2.16. The summed E-state index contributed by atoms with van der Waals surface area (Å²) >= 11 is 0. The Morgan fingerprint density at radius 2 is 2.14 bits per heavy atom. The summed E-state index contributed by atoms with van der Waals surface area (Å²) in [4.78, 5) is 37.2. The molecule has 1 aliphatic heterocycles. The van der Waals surface area contributed by atoms with Gasteiger partial charge in [0.15, 0.2) is 0 Å². The number of imide groups is 1. The molecular formula is C13H15FN4O3. The number of hydrogen-bond acceptors (Lipinski definition) is 4. The smallest absolute Gasteiger partial charge is 0.326 e. The molecule has 2 rings (SSSR count). The van der Waals surface area contributed by atoms with Crippen LogP contribution in [0.1, 0.15) is 6.42 Å². The first kappa shape index (κ1) is 14.8. The zero-order valence-corrected chi connectivity index (χ0v) is 11.4. The van der Waals surface area contributed by atoms with Crippen molar-refractivity contribution in [1.29, 1.82) is 0 Å². The van der Waals surface area contributed by atoms with Crippen molar-refractivity contribution in [3.63, 3.8) is 0 Å². The minimum Gasteiger partial charge on any atom is -0.396 e. The molecule has 21 heavy (non-hydrogen) atoms. The van der Waals surface area contributed by atoms with Gasteiger partial charge in [-0.25, -0.2) is 9.18 Å². The molecule has 8 heteroatoms. The van der Waals surface area contributed by atoms with Gasteiger partial charge in [-0.15, -0.1) is 0 Å². The van der Waals surface area contributed by atoms with Crippen LogP contribution in [0.4, 0.5) is 20.6 Å². The number of nitrogen functional groups attached to an aromatic ring is 1. The summed E-state index contributed by atoms with van der Waals surface area (Å²) in [5.74, 6) is -1.29. The van der Waals surface area contributed by atoms with E-state index in [2.05, 4.69) is 5.32 Å². The fraction of sp³-hybridized carbons (Fsp3) is 0.308. The number of nitrogens with two attached hydrogens (primary N) is 1. The number of carbonyl (C=O) groups excluding carboxylic acids is 3. The molecule has 0 radical (unpaired) electrons. The second-order valence-corrected chi connectivity index (χ2v) is 4.72. The fourth-order valence-electron chi connectivity index (χ4n) is 1.95. The molecule has 1 aromatic carbocycles. The van der Waals surface area contributed by atoms with E-state index >= 15 is 0 Å². The van der Waals surface area contributed by atoms with E-state index in [1.165, 1.54) is 24.1 Å². The molecule has 0 unspecified atom stereocenters. The SMILES string of the molecule is CN1CC(=O)N(CCC(=O)Nc2ccc(F)c(N)c2)C1=O. The Hall–Kier alpha value is -2.64. The van der Waals surface area contributed by atoms with Gasteiger partial charge >= 0.3 is 6.03 Å². The lowest BCUT2D eigenvalue weighted by atomic mass is 10.2. The molecule has 3 N–H and O–H groups in total. The number of nitrogens with zero attached hydrogens (tertiary/aromatic N) is 2. The number of amides is 4. The number of carbonyl (C=O) groups is 3. The van der Waals surface area contributed by atoms with Crippen LogP contribution in [0.3, 0.4) is 0 Å². The molecule has 112 valence electrons. The second kappa shape index (κ2) is 5.78. The number of benzene rings is 1. The molecule has 7 nitrogen and oxygen atoms in total. The Morgan fingerprint density at radius 1 is 1.43 bits per heavy atom. The van der Waals surface area contributed by atoms with Crippen LogP contribution in [0, 0.1) is 5.82 Å². The van der Waals surface area contributed by atoms with Crippen molar-refractivity contribution in [3.05, 3.63) is 24.0 Å². The van der Waals surface area contributed by atoms with Crippen LogP contribution in [-0.2, 0) is 9.59 Å². The van der Waals surface area contributed by atoms with Crippen LogP contribution in [-0.4, -0.2) is 47.8 Å². The predicted molar refractivity (Wildman–Crippen MR) is 73.8 cm³/mol. The van der Waals surface area contributed by atoms with Crippen molar-refractivity contribution < 1.29 is 18.8 Å². The Balaban J connectivity index is 1.89. The van der Waals surface area contributed by atoms with E-state index in [4.69, 9.17) is 5.73 Å². The topological polar surface area (TPSA) is 95.7 Å². The van der Waals surface area contributed by atoms with Gasteiger partial charge in [0.2, 0.25) is 11.8 Å². The quantitative estimate of drug-likeness (QED) is 0.629. The molecule has 0 saturated carbocycles. The van der Waals surface area contributed by atoms with Crippen LogP contribution in [0.25, 0.3) is 0 Å². The zero-order chi connectivity index (χ0) is 15.6. The predicted octanol–water partition coefficient (Wildman–Crippen LogP) is 0.630. The first-order valence-corrected chi connectivity index (χ1v) is 6.29. The summed E-state index contributed by atoms with van der Waals surface area (Å²) in [7, 11) is 1.52. The number of hydrogen-bond donors (Lipinski definition) is 2. The van der Waals surface area contributed by atoms with E-state index in [1.807, 2.05) is 0 Å². The number of urea groups is 1. The van der Waals surface area contributed by atoms with Crippen molar-refractivity contribution >= 4 is 29.2 Å². The largest absolute Gasteiger partial charge is 0.396 e. The van der Waals surface area contributed by atoms with Crippen molar-refractivity contribution in [2.75, 3.05) is 31.2 Å².